The van der Waals surface area contributed by atoms with Crippen molar-refractivity contribution in [3.05, 3.63) is 81.9 Å². The van der Waals surface area contributed by atoms with Crippen molar-refractivity contribution < 1.29 is 34.1 Å². The summed E-state index contributed by atoms with van der Waals surface area (Å²) in [5, 5.41) is 24.1. The molecule has 4 N–H and O–H groups in total. The second kappa shape index (κ2) is 12.5. The lowest BCUT2D eigenvalue weighted by Gasteiger charge is -2.17. The Morgan fingerprint density at radius 1 is 0.974 bits per heavy atom. The van der Waals surface area contributed by atoms with Gasteiger partial charge in [-0.2, -0.15) is 0 Å². The second-order valence-corrected chi connectivity index (χ2v) is 9.84. The normalized spacial score (nSPS) is 11.4. The highest BCUT2D eigenvalue weighted by Crippen LogP contribution is 2.33. The summed E-state index contributed by atoms with van der Waals surface area (Å²) in [7, 11) is 1.49. The first kappa shape index (κ1) is 28.5. The van der Waals surface area contributed by atoms with Crippen LogP contribution in [0, 0.1) is 6.92 Å². The summed E-state index contributed by atoms with van der Waals surface area (Å²) < 4.78 is 5.33. The number of carbonyl (C=O) groups is 4. The third-order valence-corrected chi connectivity index (χ3v) is 7.28. The number of ether oxygens (including phenoxy) is 1. The van der Waals surface area contributed by atoms with Gasteiger partial charge in [-0.05, 0) is 61.4 Å². The first-order valence-electron chi connectivity index (χ1n) is 11.4. The van der Waals surface area contributed by atoms with Gasteiger partial charge in [-0.3, -0.25) is 9.59 Å². The predicted octanol–water partition coefficient (Wildman–Crippen LogP) is 5.82. The van der Waals surface area contributed by atoms with Crippen molar-refractivity contribution in [2.45, 2.75) is 30.4 Å². The Kier molecular flexibility index (Phi) is 9.38. The van der Waals surface area contributed by atoms with Crippen LogP contribution in [-0.2, 0) is 4.79 Å². The largest absolute Gasteiger partial charge is 0.495 e. The number of anilines is 2. The van der Waals surface area contributed by atoms with Crippen molar-refractivity contribution >= 4 is 58.5 Å². The summed E-state index contributed by atoms with van der Waals surface area (Å²) in [4.78, 5) is 49.3. The van der Waals surface area contributed by atoms with Crippen molar-refractivity contribution in [2.75, 3.05) is 17.7 Å². The fourth-order valence-corrected chi connectivity index (χ4v) is 4.69. The number of benzene rings is 3. The van der Waals surface area contributed by atoms with E-state index >= 15 is 0 Å². The van der Waals surface area contributed by atoms with Gasteiger partial charge in [-0.15, -0.1) is 11.8 Å². The summed E-state index contributed by atoms with van der Waals surface area (Å²) in [6, 6.07) is 13.4. The number of nitrogens with one attached hydrogen (secondary N) is 2. The number of methoxy groups -OCH3 is 1. The minimum Gasteiger partial charge on any atom is -0.495 e. The number of carbonyl (C=O) groups excluding carboxylic acids is 2. The van der Waals surface area contributed by atoms with E-state index in [0.29, 0.717) is 33.5 Å². The molecule has 3 aromatic carbocycles. The summed E-state index contributed by atoms with van der Waals surface area (Å²) >= 11 is 7.45. The van der Waals surface area contributed by atoms with Crippen LogP contribution < -0.4 is 15.4 Å². The van der Waals surface area contributed by atoms with Crippen molar-refractivity contribution in [1.82, 2.24) is 0 Å². The van der Waals surface area contributed by atoms with E-state index in [2.05, 4.69) is 10.6 Å². The van der Waals surface area contributed by atoms with E-state index in [1.54, 1.807) is 36.4 Å². The van der Waals surface area contributed by atoms with E-state index in [0.717, 1.165) is 23.8 Å². The molecule has 0 fully saturated rings. The zero-order valence-electron chi connectivity index (χ0n) is 20.7. The van der Waals surface area contributed by atoms with Gasteiger partial charge in [0, 0.05) is 21.7 Å². The molecule has 9 nitrogen and oxygen atoms in total. The molecule has 0 heterocycles. The van der Waals surface area contributed by atoms with E-state index < -0.39 is 28.7 Å². The Morgan fingerprint density at radius 3 is 2.34 bits per heavy atom. The lowest BCUT2D eigenvalue weighted by atomic mass is 10.0. The van der Waals surface area contributed by atoms with Gasteiger partial charge in [0.05, 0.1) is 34.7 Å². The van der Waals surface area contributed by atoms with Crippen LogP contribution >= 0.6 is 23.4 Å². The van der Waals surface area contributed by atoms with Crippen LogP contribution in [-0.4, -0.2) is 46.3 Å². The number of aromatic carboxylic acids is 2. The standard InChI is InChI=1S/C27H25ClN2O7S/c1-4-23(25(32)30-21-10-14(2)20(28)13-22(21)37-3)38-17-7-5-6-16(12-17)29-24(31)18-9-8-15(26(33)34)11-19(18)27(35)36/h5-13,23H,4H2,1-3H3,(H,29,31)(H,30,32)(H,33,34)(H,35,36). The van der Waals surface area contributed by atoms with Gasteiger partial charge in [0.15, 0.2) is 0 Å². The second-order valence-electron chi connectivity index (χ2n) is 8.16. The fraction of sp³-hybridized carbons (Fsp3) is 0.185. The summed E-state index contributed by atoms with van der Waals surface area (Å²) in [5.41, 5.74) is 0.816. The molecule has 0 spiro atoms. The van der Waals surface area contributed by atoms with E-state index in [9.17, 15) is 24.3 Å². The van der Waals surface area contributed by atoms with E-state index in [1.165, 1.54) is 18.9 Å². The molecule has 2 amide bonds. The lowest BCUT2D eigenvalue weighted by Crippen LogP contribution is -2.25. The third kappa shape index (κ3) is 6.84. The molecular formula is C27H25ClN2O7S. The van der Waals surface area contributed by atoms with Crippen LogP contribution in [0.25, 0.3) is 0 Å². The third-order valence-electron chi connectivity index (χ3n) is 5.51. The molecule has 0 saturated heterocycles. The van der Waals surface area contributed by atoms with E-state index in [4.69, 9.17) is 21.4 Å². The molecule has 0 aliphatic rings. The lowest BCUT2D eigenvalue weighted by molar-refractivity contribution is -0.115. The molecule has 0 bridgehead atoms. The van der Waals surface area contributed by atoms with Crippen LogP contribution in [0.1, 0.15) is 50.0 Å². The molecule has 198 valence electrons. The first-order chi connectivity index (χ1) is 18.0. The van der Waals surface area contributed by atoms with Crippen molar-refractivity contribution in [1.29, 1.82) is 0 Å². The average Bonchev–Trinajstić information content (AvgIpc) is 2.88. The number of aryl methyl sites for hydroxylation is 1. The molecule has 1 unspecified atom stereocenters. The zero-order valence-corrected chi connectivity index (χ0v) is 22.3. The van der Waals surface area contributed by atoms with Gasteiger partial charge in [-0.25, -0.2) is 9.59 Å². The van der Waals surface area contributed by atoms with Gasteiger partial charge in [-0.1, -0.05) is 24.6 Å². The maximum atomic E-state index is 13.0. The number of hydrogen-bond donors (Lipinski definition) is 4. The number of thioether (sulfide) groups is 1. The summed E-state index contributed by atoms with van der Waals surface area (Å²) in [6.07, 6.45) is 0.514. The maximum Gasteiger partial charge on any atom is 0.336 e. The predicted molar refractivity (Wildman–Crippen MR) is 146 cm³/mol. The SMILES string of the molecule is CCC(Sc1cccc(NC(=O)c2ccc(C(=O)O)cc2C(=O)O)c1)C(=O)Nc1cc(C)c(Cl)cc1OC. The van der Waals surface area contributed by atoms with Gasteiger partial charge < -0.3 is 25.6 Å². The number of amides is 2. The highest BCUT2D eigenvalue weighted by atomic mass is 35.5. The number of carboxylic acids is 2. The number of rotatable bonds is 10. The Bertz CT molecular complexity index is 1410. The van der Waals surface area contributed by atoms with Crippen LogP contribution in [0.3, 0.4) is 0 Å². The molecule has 11 heteroatoms. The highest BCUT2D eigenvalue weighted by Gasteiger charge is 2.22. The average molecular weight is 557 g/mol. The molecule has 3 aromatic rings. The number of carboxylic acid groups (broad SMARTS) is 2. The molecule has 0 aromatic heterocycles. The number of hydrogen-bond acceptors (Lipinski definition) is 6. The van der Waals surface area contributed by atoms with Gasteiger partial charge in [0.1, 0.15) is 5.75 Å². The van der Waals surface area contributed by atoms with E-state index in [1.807, 2.05) is 13.8 Å². The molecule has 1 atom stereocenters. The number of halogens is 1. The Balaban J connectivity index is 1.76. The van der Waals surface area contributed by atoms with Crippen molar-refractivity contribution in [3.63, 3.8) is 0 Å². The summed E-state index contributed by atoms with van der Waals surface area (Å²) in [5.74, 6) is -3.24. The van der Waals surface area contributed by atoms with Gasteiger partial charge in [0.2, 0.25) is 5.91 Å². The Hall–Kier alpha value is -4.02. The minimum atomic E-state index is -1.42. The van der Waals surface area contributed by atoms with Crippen LogP contribution in [0.2, 0.25) is 5.02 Å². The first-order valence-corrected chi connectivity index (χ1v) is 12.6. The molecular weight excluding hydrogens is 532 g/mol. The van der Waals surface area contributed by atoms with Gasteiger partial charge >= 0.3 is 11.9 Å². The van der Waals surface area contributed by atoms with Crippen LogP contribution in [0.4, 0.5) is 11.4 Å². The van der Waals surface area contributed by atoms with Crippen molar-refractivity contribution in [2.24, 2.45) is 0 Å². The molecule has 0 saturated carbocycles. The van der Waals surface area contributed by atoms with Crippen LogP contribution in [0.5, 0.6) is 5.75 Å². The van der Waals surface area contributed by atoms with Gasteiger partial charge in [0.25, 0.3) is 5.91 Å². The smallest absolute Gasteiger partial charge is 0.336 e. The van der Waals surface area contributed by atoms with Crippen LogP contribution in [0.15, 0.2) is 59.5 Å². The quantitative estimate of drug-likeness (QED) is 0.229. The molecule has 0 aliphatic heterocycles. The molecule has 38 heavy (non-hydrogen) atoms. The minimum absolute atomic E-state index is 0.182. The summed E-state index contributed by atoms with van der Waals surface area (Å²) in [6.45, 7) is 3.70. The topological polar surface area (TPSA) is 142 Å². The molecule has 0 radical (unpaired) electrons. The Morgan fingerprint density at radius 2 is 1.71 bits per heavy atom. The van der Waals surface area contributed by atoms with E-state index in [-0.39, 0.29) is 17.0 Å². The monoisotopic (exact) mass is 556 g/mol. The molecule has 0 aliphatic carbocycles. The maximum absolute atomic E-state index is 13.0. The Labute approximate surface area is 228 Å². The molecule has 3 rings (SSSR count). The van der Waals surface area contributed by atoms with Crippen molar-refractivity contribution in [3.8, 4) is 5.75 Å². The zero-order chi connectivity index (χ0) is 28.0. The fourth-order valence-electron chi connectivity index (χ4n) is 3.53. The highest BCUT2D eigenvalue weighted by molar-refractivity contribution is 8.00.